The van der Waals surface area contributed by atoms with E-state index >= 15 is 0 Å². The zero-order valence-corrected chi connectivity index (χ0v) is 10.7. The van der Waals surface area contributed by atoms with Crippen molar-refractivity contribution in [3.05, 3.63) is 46.4 Å². The van der Waals surface area contributed by atoms with Crippen LogP contribution in [0.2, 0.25) is 0 Å². The van der Waals surface area contributed by atoms with Gasteiger partial charge >= 0.3 is 0 Å². The lowest BCUT2D eigenvalue weighted by Gasteiger charge is -2.21. The molecule has 88 valence electrons. The highest BCUT2D eigenvalue weighted by atomic mass is 32.1. The third kappa shape index (κ3) is 2.36. The number of hydrogen-bond acceptors (Lipinski definition) is 3. The van der Waals surface area contributed by atoms with Crippen LogP contribution >= 0.6 is 11.3 Å². The van der Waals surface area contributed by atoms with Crippen molar-refractivity contribution in [1.82, 2.24) is 4.98 Å². The van der Waals surface area contributed by atoms with E-state index in [-0.39, 0.29) is 5.91 Å². The van der Waals surface area contributed by atoms with E-state index in [1.165, 1.54) is 11.3 Å². The van der Waals surface area contributed by atoms with E-state index in [1.54, 1.807) is 15.8 Å². The fourth-order valence-corrected chi connectivity index (χ4v) is 2.27. The van der Waals surface area contributed by atoms with Crippen molar-refractivity contribution in [2.45, 2.75) is 13.8 Å². The number of amides is 1. The van der Waals surface area contributed by atoms with Crippen molar-refractivity contribution in [3.8, 4) is 0 Å². The molecule has 1 aromatic heterocycles. The summed E-state index contributed by atoms with van der Waals surface area (Å²) in [6.07, 6.45) is 0. The molecule has 0 aliphatic heterocycles. The summed E-state index contributed by atoms with van der Waals surface area (Å²) in [6, 6.07) is 7.88. The van der Waals surface area contributed by atoms with Crippen molar-refractivity contribution >= 4 is 22.9 Å². The molecule has 0 atom stereocenters. The van der Waals surface area contributed by atoms with Gasteiger partial charge in [-0.25, -0.2) is 4.98 Å². The Hall–Kier alpha value is -1.68. The number of hydrogen-bond donors (Lipinski definition) is 0. The second-order valence-electron chi connectivity index (χ2n) is 3.71. The van der Waals surface area contributed by atoms with E-state index in [9.17, 15) is 4.79 Å². The van der Waals surface area contributed by atoms with E-state index in [4.69, 9.17) is 0 Å². The highest BCUT2D eigenvalue weighted by Gasteiger charge is 2.18. The second kappa shape index (κ2) is 5.10. The van der Waals surface area contributed by atoms with Gasteiger partial charge in [-0.3, -0.25) is 4.79 Å². The van der Waals surface area contributed by atoms with Gasteiger partial charge in [-0.05, 0) is 25.5 Å². The molecular formula is C13H14N2OS. The summed E-state index contributed by atoms with van der Waals surface area (Å²) in [5.74, 6) is -0.0388. The topological polar surface area (TPSA) is 33.2 Å². The van der Waals surface area contributed by atoms with E-state index in [0.717, 1.165) is 11.3 Å². The summed E-state index contributed by atoms with van der Waals surface area (Å²) in [5.41, 5.74) is 4.24. The van der Waals surface area contributed by atoms with Crippen molar-refractivity contribution in [3.63, 3.8) is 0 Å². The van der Waals surface area contributed by atoms with Gasteiger partial charge in [0.1, 0.15) is 5.69 Å². The summed E-state index contributed by atoms with van der Waals surface area (Å²) in [6.45, 7) is 4.62. The molecule has 0 saturated heterocycles. The normalized spacial score (nSPS) is 10.2. The van der Waals surface area contributed by atoms with Crippen LogP contribution in [0.4, 0.5) is 5.69 Å². The van der Waals surface area contributed by atoms with E-state index in [1.807, 2.05) is 38.1 Å². The molecule has 0 spiro atoms. The number of carbonyl (C=O) groups excluding carboxylic acids is 1. The average Bonchev–Trinajstić information content (AvgIpc) is 2.86. The molecule has 0 radical (unpaired) electrons. The average molecular weight is 246 g/mol. The third-order valence-corrected chi connectivity index (χ3v) is 3.21. The molecule has 0 bridgehead atoms. The van der Waals surface area contributed by atoms with Crippen LogP contribution in [-0.4, -0.2) is 17.4 Å². The second-order valence-corrected chi connectivity index (χ2v) is 4.43. The number of anilines is 1. The third-order valence-electron chi connectivity index (χ3n) is 2.62. The standard InChI is InChI=1S/C13H14N2OS/c1-3-15(12-7-5-4-6-10(12)2)13(16)11-8-17-9-14-11/h4-9H,3H2,1-2H3. The number of thiazole rings is 1. The maximum atomic E-state index is 12.3. The van der Waals surface area contributed by atoms with E-state index in [2.05, 4.69) is 4.98 Å². The number of aromatic nitrogens is 1. The number of para-hydroxylation sites is 1. The minimum atomic E-state index is -0.0388. The van der Waals surface area contributed by atoms with Crippen LogP contribution in [0.1, 0.15) is 23.0 Å². The molecule has 0 aliphatic rings. The Kier molecular flexibility index (Phi) is 3.54. The summed E-state index contributed by atoms with van der Waals surface area (Å²) < 4.78 is 0. The highest BCUT2D eigenvalue weighted by molar-refractivity contribution is 7.07. The highest BCUT2D eigenvalue weighted by Crippen LogP contribution is 2.21. The SMILES string of the molecule is CCN(C(=O)c1cscn1)c1ccccc1C. The van der Waals surface area contributed by atoms with Crippen molar-refractivity contribution in [1.29, 1.82) is 0 Å². The lowest BCUT2D eigenvalue weighted by atomic mass is 10.1. The first-order valence-corrected chi connectivity index (χ1v) is 6.44. The molecule has 2 rings (SSSR count). The zero-order chi connectivity index (χ0) is 12.3. The van der Waals surface area contributed by atoms with Gasteiger partial charge in [-0.1, -0.05) is 18.2 Å². The van der Waals surface area contributed by atoms with Gasteiger partial charge in [0.25, 0.3) is 5.91 Å². The first-order chi connectivity index (χ1) is 8.24. The molecule has 3 nitrogen and oxygen atoms in total. The Labute approximate surface area is 105 Å². The summed E-state index contributed by atoms with van der Waals surface area (Å²) >= 11 is 1.44. The molecule has 0 aliphatic carbocycles. The predicted octanol–water partition coefficient (Wildman–Crippen LogP) is 3.12. The Morgan fingerprint density at radius 3 is 2.76 bits per heavy atom. The quantitative estimate of drug-likeness (QED) is 0.833. The van der Waals surface area contributed by atoms with Gasteiger partial charge in [0.05, 0.1) is 5.51 Å². The van der Waals surface area contributed by atoms with Crippen LogP contribution in [0.3, 0.4) is 0 Å². The van der Waals surface area contributed by atoms with Gasteiger partial charge < -0.3 is 4.90 Å². The molecule has 1 amide bonds. The van der Waals surface area contributed by atoms with Crippen molar-refractivity contribution < 1.29 is 4.79 Å². The van der Waals surface area contributed by atoms with Crippen LogP contribution < -0.4 is 4.90 Å². The van der Waals surface area contributed by atoms with Crippen LogP contribution in [0, 0.1) is 6.92 Å². The molecule has 1 aromatic carbocycles. The summed E-state index contributed by atoms with van der Waals surface area (Å²) in [7, 11) is 0. The molecule has 0 fully saturated rings. The van der Waals surface area contributed by atoms with Crippen molar-refractivity contribution in [2.24, 2.45) is 0 Å². The lowest BCUT2D eigenvalue weighted by Crippen LogP contribution is -2.31. The first kappa shape index (κ1) is 11.8. The van der Waals surface area contributed by atoms with Gasteiger partial charge in [0, 0.05) is 17.6 Å². The minimum Gasteiger partial charge on any atom is -0.307 e. The number of carbonyl (C=O) groups is 1. The summed E-state index contributed by atoms with van der Waals surface area (Å²) in [4.78, 5) is 18.1. The number of nitrogens with zero attached hydrogens (tertiary/aromatic N) is 2. The molecular weight excluding hydrogens is 232 g/mol. The van der Waals surface area contributed by atoms with Crippen LogP contribution in [0.15, 0.2) is 35.2 Å². The maximum Gasteiger partial charge on any atom is 0.277 e. The van der Waals surface area contributed by atoms with E-state index in [0.29, 0.717) is 12.2 Å². The summed E-state index contributed by atoms with van der Waals surface area (Å²) in [5, 5.41) is 1.78. The number of aryl methyl sites for hydroxylation is 1. The van der Waals surface area contributed by atoms with Crippen LogP contribution in [-0.2, 0) is 0 Å². The largest absolute Gasteiger partial charge is 0.307 e. The first-order valence-electron chi connectivity index (χ1n) is 5.49. The lowest BCUT2D eigenvalue weighted by molar-refractivity contribution is 0.0984. The smallest absolute Gasteiger partial charge is 0.277 e. The molecule has 2 aromatic rings. The Bertz CT molecular complexity index is 508. The Morgan fingerprint density at radius 1 is 1.41 bits per heavy atom. The monoisotopic (exact) mass is 246 g/mol. The van der Waals surface area contributed by atoms with Gasteiger partial charge in [0.2, 0.25) is 0 Å². The molecule has 1 heterocycles. The van der Waals surface area contributed by atoms with Gasteiger partial charge in [-0.2, -0.15) is 0 Å². The molecule has 0 unspecified atom stereocenters. The van der Waals surface area contributed by atoms with Crippen LogP contribution in [0.25, 0.3) is 0 Å². The number of rotatable bonds is 3. The van der Waals surface area contributed by atoms with E-state index < -0.39 is 0 Å². The molecule has 0 N–H and O–H groups in total. The van der Waals surface area contributed by atoms with Gasteiger partial charge in [0.15, 0.2) is 0 Å². The molecule has 17 heavy (non-hydrogen) atoms. The number of benzene rings is 1. The van der Waals surface area contributed by atoms with Gasteiger partial charge in [-0.15, -0.1) is 11.3 Å². The minimum absolute atomic E-state index is 0.0388. The molecule has 4 heteroatoms. The van der Waals surface area contributed by atoms with Crippen LogP contribution in [0.5, 0.6) is 0 Å². The maximum absolute atomic E-state index is 12.3. The predicted molar refractivity (Wildman–Crippen MR) is 70.6 cm³/mol. The molecule has 0 saturated carbocycles. The fourth-order valence-electron chi connectivity index (χ4n) is 1.75. The Balaban J connectivity index is 2.35. The van der Waals surface area contributed by atoms with Crippen molar-refractivity contribution in [2.75, 3.05) is 11.4 Å². The Morgan fingerprint density at radius 2 is 2.18 bits per heavy atom. The zero-order valence-electron chi connectivity index (χ0n) is 9.88. The fraction of sp³-hybridized carbons (Fsp3) is 0.231.